The number of hydrogen-bond donors (Lipinski definition) is 1. The van der Waals surface area contributed by atoms with Gasteiger partial charge in [-0.05, 0) is 55.5 Å². The number of aromatic nitrogens is 2. The van der Waals surface area contributed by atoms with Crippen LogP contribution in [0.15, 0.2) is 57.6 Å². The number of rotatable bonds is 3. The zero-order valence-corrected chi connectivity index (χ0v) is 18.1. The SMILES string of the molecule is C#CN=C1C(=CC)C(Cc2ccc(Cl)nc2)=Cc2c1ccn(C1CCCCC1O)c2=O. The van der Waals surface area contributed by atoms with Gasteiger partial charge in [0.05, 0.1) is 17.9 Å². The molecule has 2 atom stereocenters. The van der Waals surface area contributed by atoms with E-state index in [-0.39, 0.29) is 11.6 Å². The molecule has 2 unspecified atom stereocenters. The zero-order chi connectivity index (χ0) is 22.0. The molecule has 31 heavy (non-hydrogen) atoms. The van der Waals surface area contributed by atoms with E-state index in [0.29, 0.717) is 29.3 Å². The molecule has 0 saturated heterocycles. The number of aliphatic hydroxyl groups is 1. The Kier molecular flexibility index (Phi) is 6.22. The van der Waals surface area contributed by atoms with Crippen LogP contribution < -0.4 is 5.56 Å². The highest BCUT2D eigenvalue weighted by atomic mass is 35.5. The van der Waals surface area contributed by atoms with Crippen molar-refractivity contribution < 1.29 is 5.11 Å². The fraction of sp³-hybridized carbons (Fsp3) is 0.320. The molecule has 1 fully saturated rings. The topological polar surface area (TPSA) is 67.5 Å². The third-order valence-electron chi connectivity index (χ3n) is 6.03. The Balaban J connectivity index is 1.85. The molecule has 5 nitrogen and oxygen atoms in total. The normalized spacial score (nSPS) is 23.4. The molecule has 2 aromatic rings. The Labute approximate surface area is 186 Å². The van der Waals surface area contributed by atoms with Crippen molar-refractivity contribution in [2.24, 2.45) is 4.99 Å². The van der Waals surface area contributed by atoms with Crippen LogP contribution in [-0.2, 0) is 6.42 Å². The van der Waals surface area contributed by atoms with E-state index < -0.39 is 6.10 Å². The van der Waals surface area contributed by atoms with E-state index in [1.807, 2.05) is 31.2 Å². The molecule has 2 aromatic heterocycles. The van der Waals surface area contributed by atoms with Crippen LogP contribution in [0.2, 0.25) is 5.15 Å². The number of terminal acetylenes is 1. The van der Waals surface area contributed by atoms with Crippen molar-refractivity contribution in [3.63, 3.8) is 0 Å². The molecule has 1 N–H and O–H groups in total. The second kappa shape index (κ2) is 9.05. The van der Waals surface area contributed by atoms with E-state index in [0.717, 1.165) is 41.5 Å². The maximum atomic E-state index is 13.5. The van der Waals surface area contributed by atoms with E-state index in [4.69, 9.17) is 18.0 Å². The maximum Gasteiger partial charge on any atom is 0.258 e. The van der Waals surface area contributed by atoms with E-state index in [1.165, 1.54) is 0 Å². The highest BCUT2D eigenvalue weighted by Crippen LogP contribution is 2.32. The van der Waals surface area contributed by atoms with Crippen LogP contribution in [0.4, 0.5) is 0 Å². The molecule has 0 amide bonds. The minimum atomic E-state index is -0.512. The summed E-state index contributed by atoms with van der Waals surface area (Å²) in [5, 5.41) is 10.9. The van der Waals surface area contributed by atoms with E-state index >= 15 is 0 Å². The lowest BCUT2D eigenvalue weighted by Gasteiger charge is -2.30. The number of aliphatic hydroxyl groups excluding tert-OH is 1. The first-order chi connectivity index (χ1) is 15.0. The average molecular weight is 434 g/mol. The number of allylic oxidation sites excluding steroid dienone is 3. The van der Waals surface area contributed by atoms with Crippen LogP contribution in [0.5, 0.6) is 0 Å². The zero-order valence-electron chi connectivity index (χ0n) is 17.4. The standard InChI is InChI=1S/C25H24ClN3O2/c1-3-18-17(13-16-9-10-23(26)28-15-16)14-20-19(24(18)27-4-2)11-12-29(25(20)31)21-7-5-6-8-22(21)30/h2-3,9-12,14-15,21-22,30H,5-8,13H2,1H3. The minimum absolute atomic E-state index is 0.130. The second-order valence-electron chi connectivity index (χ2n) is 7.90. The van der Waals surface area contributed by atoms with E-state index in [9.17, 15) is 9.90 Å². The number of nitrogens with zero attached hydrogens (tertiary/aromatic N) is 3. The summed E-state index contributed by atoms with van der Waals surface area (Å²) in [5.74, 6) is 0. The van der Waals surface area contributed by atoms with Crippen molar-refractivity contribution in [2.45, 2.75) is 51.2 Å². The van der Waals surface area contributed by atoms with Crippen LogP contribution in [0, 0.1) is 12.5 Å². The fourth-order valence-corrected chi connectivity index (χ4v) is 4.64. The lowest BCUT2D eigenvalue weighted by Crippen LogP contribution is -2.36. The predicted molar refractivity (Wildman–Crippen MR) is 124 cm³/mol. The number of aliphatic imine (C=N–C) groups is 1. The monoisotopic (exact) mass is 433 g/mol. The third kappa shape index (κ3) is 4.14. The van der Waals surface area contributed by atoms with Crippen molar-refractivity contribution >= 4 is 23.4 Å². The van der Waals surface area contributed by atoms with Gasteiger partial charge in [0.25, 0.3) is 5.56 Å². The molecular formula is C25H24ClN3O2. The van der Waals surface area contributed by atoms with Crippen LogP contribution in [0.25, 0.3) is 6.08 Å². The van der Waals surface area contributed by atoms with Crippen molar-refractivity contribution in [1.82, 2.24) is 9.55 Å². The van der Waals surface area contributed by atoms with Gasteiger partial charge in [0, 0.05) is 35.1 Å². The highest BCUT2D eigenvalue weighted by Gasteiger charge is 2.29. The first kappa shape index (κ1) is 21.3. The molecule has 2 aliphatic carbocycles. The first-order valence-corrected chi connectivity index (χ1v) is 10.9. The van der Waals surface area contributed by atoms with Gasteiger partial charge in [-0.1, -0.05) is 43.0 Å². The van der Waals surface area contributed by atoms with Crippen LogP contribution >= 0.6 is 11.6 Å². The van der Waals surface area contributed by atoms with Crippen molar-refractivity contribution in [1.29, 1.82) is 0 Å². The van der Waals surface area contributed by atoms with Crippen molar-refractivity contribution in [3.05, 3.63) is 80.0 Å². The summed E-state index contributed by atoms with van der Waals surface area (Å²) >= 11 is 5.92. The van der Waals surface area contributed by atoms with Gasteiger partial charge in [-0.3, -0.25) is 4.79 Å². The molecule has 0 spiro atoms. The number of hydrogen-bond acceptors (Lipinski definition) is 4. The number of fused-ring (bicyclic) bond motifs is 1. The van der Waals surface area contributed by atoms with Gasteiger partial charge >= 0.3 is 0 Å². The molecule has 0 bridgehead atoms. The fourth-order valence-electron chi connectivity index (χ4n) is 4.52. The highest BCUT2D eigenvalue weighted by molar-refractivity contribution is 6.29. The molecule has 0 radical (unpaired) electrons. The van der Waals surface area contributed by atoms with Gasteiger partial charge < -0.3 is 9.67 Å². The molecule has 6 heteroatoms. The molecule has 4 rings (SSSR count). The van der Waals surface area contributed by atoms with Gasteiger partial charge in [0.15, 0.2) is 0 Å². The summed E-state index contributed by atoms with van der Waals surface area (Å²) in [4.78, 5) is 21.9. The predicted octanol–water partition coefficient (Wildman–Crippen LogP) is 4.34. The van der Waals surface area contributed by atoms with Crippen LogP contribution in [0.3, 0.4) is 0 Å². The summed E-state index contributed by atoms with van der Waals surface area (Å²) in [5.41, 5.74) is 4.56. The molecule has 2 heterocycles. The first-order valence-electron chi connectivity index (χ1n) is 10.5. The van der Waals surface area contributed by atoms with Crippen molar-refractivity contribution in [2.75, 3.05) is 0 Å². The smallest absolute Gasteiger partial charge is 0.258 e. The van der Waals surface area contributed by atoms with Gasteiger partial charge in [-0.15, -0.1) is 0 Å². The molecule has 158 valence electrons. The Morgan fingerprint density at radius 1 is 1.35 bits per heavy atom. The summed E-state index contributed by atoms with van der Waals surface area (Å²) in [6.45, 7) is 1.93. The third-order valence-corrected chi connectivity index (χ3v) is 6.25. The maximum absolute atomic E-state index is 13.5. The minimum Gasteiger partial charge on any atom is -0.391 e. The molecular weight excluding hydrogens is 410 g/mol. The van der Waals surface area contributed by atoms with Crippen molar-refractivity contribution in [3.8, 4) is 12.5 Å². The lowest BCUT2D eigenvalue weighted by atomic mass is 9.83. The largest absolute Gasteiger partial charge is 0.391 e. The van der Waals surface area contributed by atoms with Crippen LogP contribution in [0.1, 0.15) is 55.3 Å². The second-order valence-corrected chi connectivity index (χ2v) is 8.29. The summed E-state index contributed by atoms with van der Waals surface area (Å²) in [6, 6.07) is 7.72. The number of pyridine rings is 2. The van der Waals surface area contributed by atoms with E-state index in [1.54, 1.807) is 23.0 Å². The average Bonchev–Trinajstić information content (AvgIpc) is 2.77. The lowest BCUT2D eigenvalue weighted by molar-refractivity contribution is 0.0737. The quantitative estimate of drug-likeness (QED) is 0.578. The van der Waals surface area contributed by atoms with E-state index in [2.05, 4.69) is 16.0 Å². The molecule has 1 saturated carbocycles. The molecule has 0 aliphatic heterocycles. The van der Waals surface area contributed by atoms with Crippen LogP contribution in [-0.4, -0.2) is 26.5 Å². The Morgan fingerprint density at radius 2 is 2.16 bits per heavy atom. The molecule has 2 aliphatic rings. The van der Waals surface area contributed by atoms with Gasteiger partial charge in [0.1, 0.15) is 5.15 Å². The Bertz CT molecular complexity index is 1180. The molecule has 0 aromatic carbocycles. The Hall–Kier alpha value is -2.94. The van der Waals surface area contributed by atoms with Gasteiger partial charge in [-0.25, -0.2) is 4.98 Å². The van der Waals surface area contributed by atoms with Gasteiger partial charge in [-0.2, -0.15) is 4.99 Å². The summed E-state index contributed by atoms with van der Waals surface area (Å²) in [7, 11) is 0. The van der Waals surface area contributed by atoms with Gasteiger partial charge in [0.2, 0.25) is 0 Å². The summed E-state index contributed by atoms with van der Waals surface area (Å²) < 4.78 is 1.68. The Morgan fingerprint density at radius 3 is 2.84 bits per heavy atom. The summed E-state index contributed by atoms with van der Waals surface area (Å²) in [6.07, 6.45) is 16.4. The number of halogens is 1.